The van der Waals surface area contributed by atoms with E-state index in [1.165, 1.54) is 68.6 Å². The van der Waals surface area contributed by atoms with Gasteiger partial charge in [-0.2, -0.15) is 0 Å². The third-order valence-corrected chi connectivity index (χ3v) is 4.85. The van der Waals surface area contributed by atoms with Crippen LogP contribution in [0, 0.1) is 0 Å². The van der Waals surface area contributed by atoms with Crippen molar-refractivity contribution in [2.75, 3.05) is 17.6 Å². The molecule has 0 heterocycles. The fourth-order valence-electron chi connectivity index (χ4n) is 2.53. The zero-order chi connectivity index (χ0) is 17.7. The molecule has 0 aromatic carbocycles. The van der Waals surface area contributed by atoms with Crippen molar-refractivity contribution in [3.63, 3.8) is 0 Å². The number of halogens is 1. The molecule has 0 radical (unpaired) electrons. The lowest BCUT2D eigenvalue weighted by molar-refractivity contribution is -0.148. The summed E-state index contributed by atoms with van der Waals surface area (Å²) < 4.78 is 13.2. The molecular weight excluding hydrogens is 411 g/mol. The molecule has 0 N–H and O–H groups in total. The van der Waals surface area contributed by atoms with Crippen LogP contribution in [0.15, 0.2) is 12.2 Å². The highest BCUT2D eigenvalue weighted by Crippen LogP contribution is 2.12. The fraction of sp³-hybridized carbons (Fsp3) is 0.905. The van der Waals surface area contributed by atoms with Crippen LogP contribution in [0.3, 0.4) is 0 Å². The summed E-state index contributed by atoms with van der Waals surface area (Å²) in [4.78, 5) is 0. The lowest BCUT2D eigenvalue weighted by atomic mass is 10.1. The van der Waals surface area contributed by atoms with Crippen LogP contribution in [0.4, 0.5) is 0 Å². The fourth-order valence-corrected chi connectivity index (χ4v) is 2.97. The van der Waals surface area contributed by atoms with Gasteiger partial charge in [-0.05, 0) is 55.8 Å². The molecule has 0 aromatic rings. The molecular formula is C21H41IO2. The Hall–Kier alpha value is 0.390. The van der Waals surface area contributed by atoms with Crippen LogP contribution in [0.1, 0.15) is 97.3 Å². The molecule has 0 aliphatic carbocycles. The monoisotopic (exact) mass is 452 g/mol. The highest BCUT2D eigenvalue weighted by Gasteiger charge is 2.08. The van der Waals surface area contributed by atoms with Crippen LogP contribution >= 0.6 is 22.6 Å². The first-order chi connectivity index (χ1) is 11.8. The van der Waals surface area contributed by atoms with Crippen molar-refractivity contribution in [3.05, 3.63) is 12.2 Å². The largest absolute Gasteiger partial charge is 0.353 e. The standard InChI is InChI=1S/C21H41IO2/c1-3-5-15-19-23-21(24-20-16-6-4-2)17-13-11-9-7-8-10-12-14-18-22/h8,10,21H,3-7,9,11-20H2,1-2H3/b10-8+. The topological polar surface area (TPSA) is 18.5 Å². The highest BCUT2D eigenvalue weighted by atomic mass is 127. The van der Waals surface area contributed by atoms with Crippen molar-refractivity contribution in [1.29, 1.82) is 0 Å². The first-order valence-corrected chi connectivity index (χ1v) is 11.8. The van der Waals surface area contributed by atoms with Gasteiger partial charge in [0.25, 0.3) is 0 Å². The Morgan fingerprint density at radius 2 is 1.29 bits per heavy atom. The second-order valence-corrected chi connectivity index (χ2v) is 7.60. The first-order valence-electron chi connectivity index (χ1n) is 10.3. The van der Waals surface area contributed by atoms with E-state index in [2.05, 4.69) is 48.6 Å². The molecule has 24 heavy (non-hydrogen) atoms. The average Bonchev–Trinajstić information content (AvgIpc) is 2.60. The van der Waals surface area contributed by atoms with E-state index in [4.69, 9.17) is 9.47 Å². The van der Waals surface area contributed by atoms with Crippen LogP contribution < -0.4 is 0 Å². The lowest BCUT2D eigenvalue weighted by Gasteiger charge is -2.18. The smallest absolute Gasteiger partial charge is 0.157 e. The zero-order valence-electron chi connectivity index (χ0n) is 16.2. The molecule has 0 amide bonds. The highest BCUT2D eigenvalue weighted by molar-refractivity contribution is 14.1. The van der Waals surface area contributed by atoms with Gasteiger partial charge in [0.15, 0.2) is 6.29 Å². The van der Waals surface area contributed by atoms with Crippen LogP contribution in [0.5, 0.6) is 0 Å². The van der Waals surface area contributed by atoms with E-state index in [9.17, 15) is 0 Å². The third-order valence-electron chi connectivity index (χ3n) is 4.08. The third kappa shape index (κ3) is 18.7. The van der Waals surface area contributed by atoms with Gasteiger partial charge in [0, 0.05) is 13.2 Å². The van der Waals surface area contributed by atoms with Gasteiger partial charge >= 0.3 is 0 Å². The number of allylic oxidation sites excluding steroid dienone is 2. The zero-order valence-corrected chi connectivity index (χ0v) is 18.4. The van der Waals surface area contributed by atoms with Gasteiger partial charge in [0.2, 0.25) is 0 Å². The molecule has 0 saturated carbocycles. The van der Waals surface area contributed by atoms with E-state index >= 15 is 0 Å². The van der Waals surface area contributed by atoms with E-state index in [1.54, 1.807) is 0 Å². The predicted molar refractivity (Wildman–Crippen MR) is 115 cm³/mol. The summed E-state index contributed by atoms with van der Waals surface area (Å²) in [6.07, 6.45) is 20.7. The maximum absolute atomic E-state index is 5.96. The maximum Gasteiger partial charge on any atom is 0.157 e. The van der Waals surface area contributed by atoms with Gasteiger partial charge in [-0.15, -0.1) is 0 Å². The van der Waals surface area contributed by atoms with E-state index in [0.29, 0.717) is 0 Å². The van der Waals surface area contributed by atoms with E-state index in [0.717, 1.165) is 32.5 Å². The molecule has 0 fully saturated rings. The summed E-state index contributed by atoms with van der Waals surface area (Å²) in [7, 11) is 0. The summed E-state index contributed by atoms with van der Waals surface area (Å²) in [5.74, 6) is 0. The number of hydrogen-bond acceptors (Lipinski definition) is 2. The molecule has 0 bridgehead atoms. The summed E-state index contributed by atoms with van der Waals surface area (Å²) in [6, 6.07) is 0. The second-order valence-electron chi connectivity index (χ2n) is 6.53. The molecule has 0 unspecified atom stereocenters. The maximum atomic E-state index is 5.96. The van der Waals surface area contributed by atoms with E-state index in [1.807, 2.05) is 0 Å². The minimum absolute atomic E-state index is 0.0258. The van der Waals surface area contributed by atoms with Gasteiger partial charge in [-0.3, -0.25) is 0 Å². The molecule has 0 aliphatic heterocycles. The van der Waals surface area contributed by atoms with Gasteiger partial charge in [-0.25, -0.2) is 0 Å². The lowest BCUT2D eigenvalue weighted by Crippen LogP contribution is -2.19. The van der Waals surface area contributed by atoms with Crippen molar-refractivity contribution in [3.8, 4) is 0 Å². The van der Waals surface area contributed by atoms with Crippen LogP contribution in [0.25, 0.3) is 0 Å². The van der Waals surface area contributed by atoms with E-state index in [-0.39, 0.29) is 6.29 Å². The predicted octanol–water partition coefficient (Wildman–Crippen LogP) is 7.45. The SMILES string of the molecule is CCCCCOC(CCCCC/C=C/CCCI)OCCCCC. The number of hydrogen-bond donors (Lipinski definition) is 0. The van der Waals surface area contributed by atoms with Gasteiger partial charge < -0.3 is 9.47 Å². The molecule has 3 heteroatoms. The van der Waals surface area contributed by atoms with E-state index < -0.39 is 0 Å². The molecule has 0 atom stereocenters. The quantitative estimate of drug-likeness (QED) is 0.0666. The Labute approximate surface area is 165 Å². The van der Waals surface area contributed by atoms with Crippen molar-refractivity contribution in [2.24, 2.45) is 0 Å². The van der Waals surface area contributed by atoms with Crippen molar-refractivity contribution in [2.45, 2.75) is 104 Å². The second kappa shape index (κ2) is 21.4. The molecule has 0 spiro atoms. The Balaban J connectivity index is 3.70. The Morgan fingerprint density at radius 3 is 1.83 bits per heavy atom. The van der Waals surface area contributed by atoms with Crippen molar-refractivity contribution < 1.29 is 9.47 Å². The number of ether oxygens (including phenoxy) is 2. The van der Waals surface area contributed by atoms with Crippen LogP contribution in [-0.2, 0) is 9.47 Å². The molecule has 2 nitrogen and oxygen atoms in total. The van der Waals surface area contributed by atoms with Crippen LogP contribution in [0.2, 0.25) is 0 Å². The Morgan fingerprint density at radius 1 is 0.708 bits per heavy atom. The van der Waals surface area contributed by atoms with Crippen LogP contribution in [-0.4, -0.2) is 23.9 Å². The summed E-state index contributed by atoms with van der Waals surface area (Å²) in [5, 5.41) is 0. The number of unbranched alkanes of at least 4 members (excludes halogenated alkanes) is 8. The Bertz CT molecular complexity index is 244. The number of alkyl halides is 1. The molecule has 0 saturated heterocycles. The van der Waals surface area contributed by atoms with Gasteiger partial charge in [0.1, 0.15) is 0 Å². The normalized spacial score (nSPS) is 11.8. The van der Waals surface area contributed by atoms with Crippen molar-refractivity contribution in [1.82, 2.24) is 0 Å². The minimum Gasteiger partial charge on any atom is -0.353 e. The molecule has 0 aliphatic rings. The number of rotatable bonds is 19. The minimum atomic E-state index is 0.0258. The molecule has 0 rings (SSSR count). The molecule has 0 aromatic heterocycles. The molecule has 144 valence electrons. The summed E-state index contributed by atoms with van der Waals surface area (Å²) >= 11 is 2.44. The van der Waals surface area contributed by atoms with Crippen molar-refractivity contribution >= 4 is 22.6 Å². The Kier molecular flexibility index (Phi) is 21.8. The van der Waals surface area contributed by atoms with Gasteiger partial charge in [0.05, 0.1) is 0 Å². The summed E-state index contributed by atoms with van der Waals surface area (Å²) in [6.45, 7) is 6.17. The summed E-state index contributed by atoms with van der Waals surface area (Å²) in [5.41, 5.74) is 0. The van der Waals surface area contributed by atoms with Gasteiger partial charge in [-0.1, -0.05) is 80.7 Å². The average molecular weight is 452 g/mol. The first kappa shape index (κ1) is 24.4.